The van der Waals surface area contributed by atoms with Crippen LogP contribution in [0.5, 0.6) is 0 Å². The Morgan fingerprint density at radius 2 is 2.12 bits per heavy atom. The second kappa shape index (κ2) is 4.49. The van der Waals surface area contributed by atoms with Crippen molar-refractivity contribution in [2.75, 3.05) is 19.6 Å². The molecule has 90 valence electrons. The Balaban J connectivity index is 1.73. The molecular formula is C14H18N2O. The molecule has 0 saturated carbocycles. The van der Waals surface area contributed by atoms with Crippen molar-refractivity contribution in [3.05, 3.63) is 35.4 Å². The Morgan fingerprint density at radius 1 is 1.29 bits per heavy atom. The number of fused-ring (bicyclic) bond motifs is 1. The van der Waals surface area contributed by atoms with Crippen molar-refractivity contribution < 1.29 is 4.79 Å². The molecule has 2 aliphatic heterocycles. The van der Waals surface area contributed by atoms with E-state index in [1.54, 1.807) is 0 Å². The first-order chi connectivity index (χ1) is 8.34. The van der Waals surface area contributed by atoms with Gasteiger partial charge in [-0.1, -0.05) is 24.3 Å². The van der Waals surface area contributed by atoms with Gasteiger partial charge in [0.15, 0.2) is 0 Å². The molecular weight excluding hydrogens is 212 g/mol. The average molecular weight is 230 g/mol. The van der Waals surface area contributed by atoms with Crippen molar-refractivity contribution in [1.29, 1.82) is 0 Å². The highest BCUT2D eigenvalue weighted by atomic mass is 16.2. The molecule has 2 heterocycles. The monoisotopic (exact) mass is 230 g/mol. The molecule has 1 saturated heterocycles. The summed E-state index contributed by atoms with van der Waals surface area (Å²) in [7, 11) is 0. The van der Waals surface area contributed by atoms with E-state index in [0.29, 0.717) is 5.91 Å². The van der Waals surface area contributed by atoms with E-state index in [1.807, 2.05) is 4.90 Å². The number of amides is 1. The highest BCUT2D eigenvalue weighted by Crippen LogP contribution is 2.21. The summed E-state index contributed by atoms with van der Waals surface area (Å²) in [5.74, 6) is 0.546. The lowest BCUT2D eigenvalue weighted by Gasteiger charge is -2.30. The molecule has 1 atom stereocenters. The molecule has 1 N–H and O–H groups in total. The molecule has 3 heteroatoms. The topological polar surface area (TPSA) is 32.3 Å². The first-order valence-electron chi connectivity index (χ1n) is 6.41. The Labute approximate surface area is 102 Å². The smallest absolute Gasteiger partial charge is 0.227 e. The highest BCUT2D eigenvalue weighted by molar-refractivity contribution is 5.79. The van der Waals surface area contributed by atoms with Gasteiger partial charge >= 0.3 is 0 Å². The van der Waals surface area contributed by atoms with Gasteiger partial charge in [-0.25, -0.2) is 0 Å². The fourth-order valence-electron chi connectivity index (χ4n) is 2.81. The maximum Gasteiger partial charge on any atom is 0.227 e. The number of nitrogens with one attached hydrogen (secondary N) is 1. The van der Waals surface area contributed by atoms with Gasteiger partial charge in [-0.05, 0) is 30.5 Å². The third kappa shape index (κ3) is 2.07. The maximum atomic E-state index is 12.3. The molecule has 0 aromatic heterocycles. The first-order valence-corrected chi connectivity index (χ1v) is 6.41. The Kier molecular flexibility index (Phi) is 2.85. The van der Waals surface area contributed by atoms with Gasteiger partial charge in [0.2, 0.25) is 5.91 Å². The van der Waals surface area contributed by atoms with E-state index >= 15 is 0 Å². The lowest BCUT2D eigenvalue weighted by atomic mass is 9.98. The summed E-state index contributed by atoms with van der Waals surface area (Å²) < 4.78 is 0. The summed E-state index contributed by atoms with van der Waals surface area (Å²) in [5, 5.41) is 3.26. The van der Waals surface area contributed by atoms with Crippen molar-refractivity contribution in [2.24, 2.45) is 5.92 Å². The zero-order valence-electron chi connectivity index (χ0n) is 9.98. The van der Waals surface area contributed by atoms with Crippen LogP contribution < -0.4 is 5.32 Å². The lowest BCUT2D eigenvalue weighted by molar-refractivity contribution is -0.135. The van der Waals surface area contributed by atoms with Gasteiger partial charge in [-0.15, -0.1) is 0 Å². The molecule has 3 rings (SSSR count). The number of rotatable bonds is 1. The number of carbonyl (C=O) groups is 1. The minimum atomic E-state index is 0.209. The minimum Gasteiger partial charge on any atom is -0.338 e. The van der Waals surface area contributed by atoms with E-state index in [-0.39, 0.29) is 5.92 Å². The molecule has 0 aliphatic carbocycles. The third-order valence-electron chi connectivity index (χ3n) is 3.85. The van der Waals surface area contributed by atoms with Gasteiger partial charge < -0.3 is 10.2 Å². The van der Waals surface area contributed by atoms with Gasteiger partial charge in [0.25, 0.3) is 0 Å². The Bertz CT molecular complexity index is 424. The minimum absolute atomic E-state index is 0.209. The number of hydrogen-bond acceptors (Lipinski definition) is 2. The average Bonchev–Trinajstić information content (AvgIpc) is 2.91. The Morgan fingerprint density at radius 3 is 2.88 bits per heavy atom. The molecule has 2 aliphatic rings. The predicted octanol–water partition coefficient (Wildman–Crippen LogP) is 1.18. The van der Waals surface area contributed by atoms with Crippen LogP contribution >= 0.6 is 0 Å². The van der Waals surface area contributed by atoms with E-state index in [1.165, 1.54) is 11.1 Å². The summed E-state index contributed by atoms with van der Waals surface area (Å²) in [6.45, 7) is 3.52. The van der Waals surface area contributed by atoms with Crippen molar-refractivity contribution in [2.45, 2.75) is 19.4 Å². The molecule has 0 bridgehead atoms. The highest BCUT2D eigenvalue weighted by Gasteiger charge is 2.28. The van der Waals surface area contributed by atoms with Crippen molar-refractivity contribution in [1.82, 2.24) is 10.2 Å². The van der Waals surface area contributed by atoms with Gasteiger partial charge in [-0.2, -0.15) is 0 Å². The van der Waals surface area contributed by atoms with E-state index in [4.69, 9.17) is 0 Å². The second-order valence-electron chi connectivity index (χ2n) is 4.97. The van der Waals surface area contributed by atoms with Crippen LogP contribution in [-0.2, 0) is 17.8 Å². The van der Waals surface area contributed by atoms with Gasteiger partial charge in [0.05, 0.1) is 5.92 Å². The van der Waals surface area contributed by atoms with Crippen LogP contribution in [0, 0.1) is 5.92 Å². The van der Waals surface area contributed by atoms with Crippen molar-refractivity contribution in [3.63, 3.8) is 0 Å². The fraction of sp³-hybridized carbons (Fsp3) is 0.500. The van der Waals surface area contributed by atoms with Crippen LogP contribution in [0.15, 0.2) is 24.3 Å². The Hall–Kier alpha value is -1.35. The molecule has 0 radical (unpaired) electrons. The van der Waals surface area contributed by atoms with Gasteiger partial charge in [0, 0.05) is 19.6 Å². The summed E-state index contributed by atoms with van der Waals surface area (Å²) in [6.07, 6.45) is 2.00. The molecule has 3 nitrogen and oxygen atoms in total. The fourth-order valence-corrected chi connectivity index (χ4v) is 2.81. The van der Waals surface area contributed by atoms with Crippen LogP contribution in [-0.4, -0.2) is 30.4 Å². The predicted molar refractivity (Wildman–Crippen MR) is 66.5 cm³/mol. The van der Waals surface area contributed by atoms with Crippen molar-refractivity contribution >= 4 is 5.91 Å². The number of carbonyl (C=O) groups excluding carboxylic acids is 1. The molecule has 1 aromatic carbocycles. The number of hydrogen-bond donors (Lipinski definition) is 1. The normalized spacial score (nSPS) is 23.5. The lowest BCUT2D eigenvalue weighted by Crippen LogP contribution is -2.40. The number of nitrogens with zero attached hydrogens (tertiary/aromatic N) is 1. The van der Waals surface area contributed by atoms with E-state index in [0.717, 1.165) is 39.0 Å². The second-order valence-corrected chi connectivity index (χ2v) is 4.97. The molecule has 0 spiro atoms. The van der Waals surface area contributed by atoms with Crippen LogP contribution in [0.4, 0.5) is 0 Å². The summed E-state index contributed by atoms with van der Waals surface area (Å²) in [6, 6.07) is 8.46. The summed E-state index contributed by atoms with van der Waals surface area (Å²) in [4.78, 5) is 14.3. The largest absolute Gasteiger partial charge is 0.338 e. The van der Waals surface area contributed by atoms with Gasteiger partial charge in [-0.3, -0.25) is 4.79 Å². The molecule has 1 fully saturated rings. The van der Waals surface area contributed by atoms with Crippen LogP contribution in [0.1, 0.15) is 17.5 Å². The number of benzene rings is 1. The first kappa shape index (κ1) is 10.8. The zero-order valence-corrected chi connectivity index (χ0v) is 9.98. The van der Waals surface area contributed by atoms with Crippen LogP contribution in [0.3, 0.4) is 0 Å². The summed E-state index contributed by atoms with van der Waals surface area (Å²) in [5.41, 5.74) is 2.72. The van der Waals surface area contributed by atoms with E-state index in [2.05, 4.69) is 29.6 Å². The maximum absolute atomic E-state index is 12.3. The summed E-state index contributed by atoms with van der Waals surface area (Å²) >= 11 is 0. The quantitative estimate of drug-likeness (QED) is 0.785. The molecule has 17 heavy (non-hydrogen) atoms. The van der Waals surface area contributed by atoms with E-state index < -0.39 is 0 Å². The molecule has 1 amide bonds. The molecule has 1 aromatic rings. The molecule has 0 unspecified atom stereocenters. The van der Waals surface area contributed by atoms with Crippen LogP contribution in [0.25, 0.3) is 0 Å². The van der Waals surface area contributed by atoms with Crippen molar-refractivity contribution in [3.8, 4) is 0 Å². The third-order valence-corrected chi connectivity index (χ3v) is 3.85. The van der Waals surface area contributed by atoms with E-state index in [9.17, 15) is 4.79 Å². The van der Waals surface area contributed by atoms with Crippen LogP contribution in [0.2, 0.25) is 0 Å². The SMILES string of the molecule is O=C([C@H]1CCNC1)N1CCc2ccccc2C1. The van der Waals surface area contributed by atoms with Gasteiger partial charge in [0.1, 0.15) is 0 Å². The zero-order chi connectivity index (χ0) is 11.7. The standard InChI is InChI=1S/C14H18N2O/c17-14(12-5-7-15-9-12)16-8-6-11-3-1-2-4-13(11)10-16/h1-4,12,15H,5-10H2/t12-/m0/s1.